The van der Waals surface area contributed by atoms with Gasteiger partial charge >= 0.3 is 0 Å². The molecule has 0 radical (unpaired) electrons. The summed E-state index contributed by atoms with van der Waals surface area (Å²) < 4.78 is 0. The van der Waals surface area contributed by atoms with E-state index in [-0.39, 0.29) is 0 Å². The Labute approximate surface area is 121 Å². The molecule has 0 unspecified atom stereocenters. The molecular formula is C14H4O8-4. The Morgan fingerprint density at radius 1 is 0.500 bits per heavy atom. The van der Waals surface area contributed by atoms with Crippen molar-refractivity contribution in [3.63, 3.8) is 0 Å². The Bertz CT molecular complexity index is 712. The third kappa shape index (κ3) is 2.22. The van der Waals surface area contributed by atoms with E-state index in [2.05, 4.69) is 0 Å². The zero-order valence-electron chi connectivity index (χ0n) is 10.6. The molecule has 0 fully saturated rings. The van der Waals surface area contributed by atoms with Crippen molar-refractivity contribution in [2.45, 2.75) is 0 Å². The minimum Gasteiger partial charge on any atom is -0.545 e. The van der Waals surface area contributed by atoms with Gasteiger partial charge in [-0.3, -0.25) is 0 Å². The number of carboxylic acid groups (broad SMARTS) is 4. The average Bonchev–Trinajstić information content (AvgIpc) is 2.43. The largest absolute Gasteiger partial charge is 0.545 e. The number of carbonyl (C=O) groups excluding carboxylic acids is 4. The second kappa shape index (κ2) is 5.17. The minimum atomic E-state index is -1.81. The lowest BCUT2D eigenvalue weighted by molar-refractivity contribution is -0.257. The van der Waals surface area contributed by atoms with E-state index in [0.29, 0.717) is 0 Å². The number of rotatable bonds is 4. The van der Waals surface area contributed by atoms with Gasteiger partial charge in [-0.05, 0) is 0 Å². The maximum absolute atomic E-state index is 11.1. The fraction of sp³-hybridized carbons (Fsp3) is 0. The number of fused-ring (bicyclic) bond motifs is 1. The molecular weight excluding hydrogens is 296 g/mol. The topological polar surface area (TPSA) is 161 Å². The van der Waals surface area contributed by atoms with Crippen molar-refractivity contribution in [1.82, 2.24) is 0 Å². The zero-order chi connectivity index (χ0) is 16.6. The Morgan fingerprint density at radius 3 is 0.818 bits per heavy atom. The summed E-state index contributed by atoms with van der Waals surface area (Å²) in [7, 11) is 0. The first-order chi connectivity index (χ1) is 10.3. The summed E-state index contributed by atoms with van der Waals surface area (Å²) in [6, 6.07) is 3.14. The van der Waals surface area contributed by atoms with Crippen LogP contribution < -0.4 is 20.4 Å². The smallest absolute Gasteiger partial charge is 0.0721 e. The van der Waals surface area contributed by atoms with Crippen LogP contribution in [0.2, 0.25) is 0 Å². The second-order valence-corrected chi connectivity index (χ2v) is 4.22. The van der Waals surface area contributed by atoms with Crippen LogP contribution in [0.4, 0.5) is 0 Å². The summed E-state index contributed by atoms with van der Waals surface area (Å²) in [6.45, 7) is 0. The van der Waals surface area contributed by atoms with E-state index in [0.717, 1.165) is 24.3 Å². The zero-order valence-corrected chi connectivity index (χ0v) is 10.6. The van der Waals surface area contributed by atoms with Gasteiger partial charge in [0.05, 0.1) is 23.9 Å². The Balaban J connectivity index is 3.17. The van der Waals surface area contributed by atoms with Gasteiger partial charge in [0.2, 0.25) is 0 Å². The SMILES string of the molecule is O=C([O-])c1ccc(C(=O)[O-])c2c(C(=O)[O-])ccc(C(=O)[O-])c12. The Hall–Kier alpha value is -3.42. The fourth-order valence-corrected chi connectivity index (χ4v) is 2.18. The molecule has 22 heavy (non-hydrogen) atoms. The van der Waals surface area contributed by atoms with Crippen molar-refractivity contribution >= 4 is 34.6 Å². The lowest BCUT2D eigenvalue weighted by atomic mass is 9.91. The molecule has 0 aromatic heterocycles. The number of hydrogen-bond donors (Lipinski definition) is 0. The maximum Gasteiger partial charge on any atom is 0.0721 e. The molecule has 8 nitrogen and oxygen atoms in total. The molecule has 0 atom stereocenters. The summed E-state index contributed by atoms with van der Waals surface area (Å²) >= 11 is 0. The summed E-state index contributed by atoms with van der Waals surface area (Å²) in [5, 5.41) is 43.1. The molecule has 112 valence electrons. The van der Waals surface area contributed by atoms with Crippen molar-refractivity contribution in [2.75, 3.05) is 0 Å². The third-order valence-corrected chi connectivity index (χ3v) is 3.04. The van der Waals surface area contributed by atoms with E-state index < -0.39 is 56.9 Å². The summed E-state index contributed by atoms with van der Waals surface area (Å²) in [4.78, 5) is 44.4. The van der Waals surface area contributed by atoms with Crippen LogP contribution in [0.5, 0.6) is 0 Å². The molecule has 0 heterocycles. The van der Waals surface area contributed by atoms with Crippen molar-refractivity contribution in [2.24, 2.45) is 0 Å². The van der Waals surface area contributed by atoms with Crippen LogP contribution >= 0.6 is 0 Å². The molecule has 0 saturated heterocycles. The molecule has 2 rings (SSSR count). The van der Waals surface area contributed by atoms with Gasteiger partial charge in [-0.15, -0.1) is 0 Å². The molecule has 8 heteroatoms. The summed E-state index contributed by atoms with van der Waals surface area (Å²) in [5.74, 6) is -7.25. The molecule has 0 N–H and O–H groups in total. The van der Waals surface area contributed by atoms with E-state index in [1.807, 2.05) is 0 Å². The number of carbonyl (C=O) groups is 4. The first-order valence-corrected chi connectivity index (χ1v) is 5.70. The highest BCUT2D eigenvalue weighted by Crippen LogP contribution is 2.29. The third-order valence-electron chi connectivity index (χ3n) is 3.04. The number of aromatic carboxylic acids is 4. The average molecular weight is 300 g/mol. The predicted molar refractivity (Wildman–Crippen MR) is 61.3 cm³/mol. The molecule has 0 spiro atoms. The van der Waals surface area contributed by atoms with E-state index in [1.165, 1.54) is 0 Å². The van der Waals surface area contributed by atoms with Gasteiger partial charge in [-0.2, -0.15) is 0 Å². The maximum atomic E-state index is 11.1. The second-order valence-electron chi connectivity index (χ2n) is 4.22. The fourth-order valence-electron chi connectivity index (χ4n) is 2.18. The highest BCUT2D eigenvalue weighted by molar-refractivity contribution is 6.20. The Kier molecular flexibility index (Phi) is 3.52. The van der Waals surface area contributed by atoms with E-state index in [1.54, 1.807) is 0 Å². The Morgan fingerprint density at radius 2 is 0.682 bits per heavy atom. The number of carboxylic acids is 4. The lowest BCUT2D eigenvalue weighted by Crippen LogP contribution is -2.30. The standard InChI is InChI=1S/C14H8O8/c15-11(16)5-1-2-6(12(17)18)10-8(14(21)22)4-3-7(9(5)10)13(19)20/h1-4H,(H,15,16)(H,17,18)(H,19,20)(H,21,22)/p-4. The quantitative estimate of drug-likeness (QED) is 0.557. The van der Waals surface area contributed by atoms with Gasteiger partial charge in [0.15, 0.2) is 0 Å². The molecule has 0 amide bonds. The van der Waals surface area contributed by atoms with Crippen LogP contribution in [0.15, 0.2) is 24.3 Å². The molecule has 0 aliphatic heterocycles. The van der Waals surface area contributed by atoms with Crippen LogP contribution in [-0.2, 0) is 0 Å². The van der Waals surface area contributed by atoms with Crippen LogP contribution in [0.25, 0.3) is 10.8 Å². The first kappa shape index (κ1) is 15.0. The van der Waals surface area contributed by atoms with Crippen LogP contribution in [0.3, 0.4) is 0 Å². The molecule has 0 saturated carbocycles. The predicted octanol–water partition coefficient (Wildman–Crippen LogP) is -3.71. The van der Waals surface area contributed by atoms with Gasteiger partial charge in [0.1, 0.15) is 0 Å². The molecule has 2 aromatic carbocycles. The summed E-state index contributed by atoms with van der Waals surface area (Å²) in [5.41, 5.74) is -2.77. The normalized spacial score (nSPS) is 10.4. The van der Waals surface area contributed by atoms with Crippen molar-refractivity contribution in [3.05, 3.63) is 46.5 Å². The van der Waals surface area contributed by atoms with Crippen molar-refractivity contribution in [3.8, 4) is 0 Å². The summed E-state index contributed by atoms with van der Waals surface area (Å²) in [6.07, 6.45) is 0. The van der Waals surface area contributed by atoms with Crippen molar-refractivity contribution in [1.29, 1.82) is 0 Å². The monoisotopic (exact) mass is 300 g/mol. The first-order valence-electron chi connectivity index (χ1n) is 5.70. The van der Waals surface area contributed by atoms with E-state index in [9.17, 15) is 39.6 Å². The number of hydrogen-bond acceptors (Lipinski definition) is 8. The highest BCUT2D eigenvalue weighted by atomic mass is 16.4. The highest BCUT2D eigenvalue weighted by Gasteiger charge is 2.16. The molecule has 0 aliphatic rings. The van der Waals surface area contributed by atoms with Crippen molar-refractivity contribution < 1.29 is 39.6 Å². The van der Waals surface area contributed by atoms with E-state index >= 15 is 0 Å². The molecule has 2 aromatic rings. The molecule has 0 aliphatic carbocycles. The molecule has 0 bridgehead atoms. The van der Waals surface area contributed by atoms with Crippen LogP contribution in [0, 0.1) is 0 Å². The van der Waals surface area contributed by atoms with E-state index in [4.69, 9.17) is 0 Å². The van der Waals surface area contributed by atoms with Gasteiger partial charge in [0.25, 0.3) is 0 Å². The lowest BCUT2D eigenvalue weighted by Gasteiger charge is -2.20. The van der Waals surface area contributed by atoms with Gasteiger partial charge in [-0.25, -0.2) is 0 Å². The van der Waals surface area contributed by atoms with Gasteiger partial charge in [-0.1, -0.05) is 24.3 Å². The van der Waals surface area contributed by atoms with Crippen LogP contribution in [0.1, 0.15) is 41.4 Å². The number of benzene rings is 2. The van der Waals surface area contributed by atoms with Gasteiger partial charge in [0, 0.05) is 33.0 Å². The minimum absolute atomic E-state index is 0.636. The van der Waals surface area contributed by atoms with Gasteiger partial charge < -0.3 is 39.6 Å². The van der Waals surface area contributed by atoms with Crippen LogP contribution in [-0.4, -0.2) is 23.9 Å².